The van der Waals surface area contributed by atoms with Crippen LogP contribution in [0.1, 0.15) is 24.0 Å². The molecule has 1 amide bonds. The predicted octanol–water partition coefficient (Wildman–Crippen LogP) is 0.832. The van der Waals surface area contributed by atoms with E-state index in [1.54, 1.807) is 6.92 Å². The van der Waals surface area contributed by atoms with E-state index in [1.165, 1.54) is 18.2 Å². The van der Waals surface area contributed by atoms with Crippen molar-refractivity contribution in [3.8, 4) is 0 Å². The van der Waals surface area contributed by atoms with E-state index in [9.17, 15) is 17.6 Å². The fraction of sp³-hybridized carbons (Fsp3) is 0.462. The molecule has 2 N–H and O–H groups in total. The van der Waals surface area contributed by atoms with Crippen LogP contribution in [-0.2, 0) is 20.6 Å². The summed E-state index contributed by atoms with van der Waals surface area (Å²) in [5, 5.41) is 2.94. The highest BCUT2D eigenvalue weighted by molar-refractivity contribution is 7.89. The maximum atomic E-state index is 12.9. The maximum absolute atomic E-state index is 12.9. The van der Waals surface area contributed by atoms with Gasteiger partial charge in [-0.15, -0.1) is 0 Å². The number of sulfonamides is 1. The van der Waals surface area contributed by atoms with Gasteiger partial charge in [0.05, 0.1) is 12.3 Å². The molecule has 0 radical (unpaired) electrons. The molecular formula is C13H17FN2O3S. The molecule has 0 aliphatic heterocycles. The molecule has 0 heterocycles. The van der Waals surface area contributed by atoms with Gasteiger partial charge in [-0.1, -0.05) is 6.07 Å². The molecule has 0 saturated heterocycles. The molecule has 110 valence electrons. The molecule has 0 spiro atoms. The van der Waals surface area contributed by atoms with Crippen molar-refractivity contribution in [2.45, 2.75) is 31.6 Å². The molecule has 1 fully saturated rings. The fourth-order valence-electron chi connectivity index (χ4n) is 1.80. The molecule has 1 aromatic rings. The van der Waals surface area contributed by atoms with Gasteiger partial charge in [0.1, 0.15) is 5.82 Å². The van der Waals surface area contributed by atoms with Crippen molar-refractivity contribution >= 4 is 15.9 Å². The summed E-state index contributed by atoms with van der Waals surface area (Å²) in [7, 11) is -3.76. The first-order valence-electron chi connectivity index (χ1n) is 6.37. The van der Waals surface area contributed by atoms with Crippen molar-refractivity contribution in [2.75, 3.05) is 6.54 Å². The summed E-state index contributed by atoms with van der Waals surface area (Å²) < 4.78 is 38.7. The van der Waals surface area contributed by atoms with Gasteiger partial charge in [0, 0.05) is 6.04 Å². The number of carbonyl (C=O) groups excluding carboxylic acids is 1. The lowest BCUT2D eigenvalue weighted by molar-refractivity contribution is -0.118. The van der Waals surface area contributed by atoms with Crippen molar-refractivity contribution in [2.24, 2.45) is 0 Å². The lowest BCUT2D eigenvalue weighted by Gasteiger charge is -2.09. The zero-order valence-corrected chi connectivity index (χ0v) is 12.0. The van der Waals surface area contributed by atoms with Crippen LogP contribution in [0.3, 0.4) is 0 Å². The maximum Gasteiger partial charge on any atom is 0.247 e. The fourth-order valence-corrected chi connectivity index (χ4v) is 3.02. The number of nitrogens with one attached hydrogen (secondary N) is 2. The topological polar surface area (TPSA) is 75.3 Å². The minimum absolute atomic E-state index is 0.00764. The van der Waals surface area contributed by atoms with E-state index in [1.807, 2.05) is 4.72 Å². The van der Waals surface area contributed by atoms with Crippen LogP contribution in [0.2, 0.25) is 0 Å². The molecule has 1 aliphatic rings. The Balaban J connectivity index is 1.93. The Morgan fingerprint density at radius 1 is 1.40 bits per heavy atom. The van der Waals surface area contributed by atoms with Gasteiger partial charge in [0.15, 0.2) is 0 Å². The average molecular weight is 300 g/mol. The number of benzene rings is 1. The third kappa shape index (κ3) is 4.57. The van der Waals surface area contributed by atoms with Crippen LogP contribution in [-0.4, -0.2) is 26.9 Å². The Bertz CT molecular complexity index is 612. The van der Waals surface area contributed by atoms with Crippen molar-refractivity contribution < 1.29 is 17.6 Å². The lowest BCUT2D eigenvalue weighted by Crippen LogP contribution is -2.39. The summed E-state index contributed by atoms with van der Waals surface area (Å²) in [5.74, 6) is -1.33. The summed E-state index contributed by atoms with van der Waals surface area (Å²) in [6.07, 6.45) is 2.05. The van der Waals surface area contributed by atoms with E-state index in [4.69, 9.17) is 0 Å². The minimum atomic E-state index is -3.76. The van der Waals surface area contributed by atoms with Crippen molar-refractivity contribution in [3.63, 3.8) is 0 Å². The molecule has 0 atom stereocenters. The van der Waals surface area contributed by atoms with Crippen LogP contribution in [0.25, 0.3) is 0 Å². The molecule has 20 heavy (non-hydrogen) atoms. The number of aryl methyl sites for hydroxylation is 1. The summed E-state index contributed by atoms with van der Waals surface area (Å²) in [4.78, 5) is 11.5. The second kappa shape index (κ2) is 5.88. The van der Waals surface area contributed by atoms with Gasteiger partial charge >= 0.3 is 0 Å². The average Bonchev–Trinajstić information content (AvgIpc) is 3.13. The zero-order valence-electron chi connectivity index (χ0n) is 11.1. The van der Waals surface area contributed by atoms with Crippen LogP contribution < -0.4 is 10.0 Å². The summed E-state index contributed by atoms with van der Waals surface area (Å²) in [5.41, 5.74) is 1.01. The first-order valence-corrected chi connectivity index (χ1v) is 8.03. The normalized spacial score (nSPS) is 15.1. The molecule has 7 heteroatoms. The zero-order chi connectivity index (χ0) is 14.8. The Hall–Kier alpha value is -1.47. The van der Waals surface area contributed by atoms with Crippen molar-refractivity contribution in [3.05, 3.63) is 35.1 Å². The second-order valence-corrected chi connectivity index (χ2v) is 6.73. The molecule has 5 nitrogen and oxygen atoms in total. The molecule has 0 bridgehead atoms. The third-order valence-corrected chi connectivity index (χ3v) is 4.28. The van der Waals surface area contributed by atoms with Crippen LogP contribution in [0.15, 0.2) is 18.2 Å². The number of carbonyl (C=O) groups is 1. The molecule has 1 saturated carbocycles. The largest absolute Gasteiger partial charge is 0.306 e. The molecule has 1 aromatic carbocycles. The molecule has 0 unspecified atom stereocenters. The first kappa shape index (κ1) is 14.9. The number of amides is 1. The number of halogens is 1. The lowest BCUT2D eigenvalue weighted by atomic mass is 10.1. The highest BCUT2D eigenvalue weighted by Gasteiger charge is 2.22. The van der Waals surface area contributed by atoms with Crippen molar-refractivity contribution in [1.29, 1.82) is 0 Å². The van der Waals surface area contributed by atoms with Gasteiger partial charge in [-0.25, -0.2) is 12.8 Å². The van der Waals surface area contributed by atoms with Crippen LogP contribution in [0.5, 0.6) is 0 Å². The van der Waals surface area contributed by atoms with E-state index in [0.29, 0.717) is 17.2 Å². The molecule has 2 rings (SSSR count). The summed E-state index contributed by atoms with van der Waals surface area (Å²) in [6, 6.07) is 4.22. The van der Waals surface area contributed by atoms with Gasteiger partial charge in [-0.3, -0.25) is 9.52 Å². The van der Waals surface area contributed by atoms with Crippen LogP contribution in [0, 0.1) is 12.7 Å². The van der Waals surface area contributed by atoms with Gasteiger partial charge in [-0.2, -0.15) is 0 Å². The minimum Gasteiger partial charge on any atom is -0.306 e. The van der Waals surface area contributed by atoms with Gasteiger partial charge in [-0.05, 0) is 43.0 Å². The Labute approximate surface area is 117 Å². The SMILES string of the molecule is Cc1cc(F)ccc1CS(=O)(=O)NC(=O)CNC1CC1. The number of rotatable bonds is 6. The Morgan fingerprint density at radius 3 is 2.70 bits per heavy atom. The summed E-state index contributed by atoms with van der Waals surface area (Å²) >= 11 is 0. The molecule has 0 aromatic heterocycles. The smallest absolute Gasteiger partial charge is 0.247 e. The van der Waals surface area contributed by atoms with E-state index >= 15 is 0 Å². The van der Waals surface area contributed by atoms with E-state index in [2.05, 4.69) is 5.32 Å². The predicted molar refractivity (Wildman–Crippen MR) is 72.9 cm³/mol. The quantitative estimate of drug-likeness (QED) is 0.816. The summed E-state index contributed by atoms with van der Waals surface area (Å²) in [6.45, 7) is 1.62. The Morgan fingerprint density at radius 2 is 2.10 bits per heavy atom. The molecular weight excluding hydrogens is 283 g/mol. The van der Waals surface area contributed by atoms with Crippen LogP contribution in [0.4, 0.5) is 4.39 Å². The highest BCUT2D eigenvalue weighted by atomic mass is 32.2. The van der Waals surface area contributed by atoms with Gasteiger partial charge < -0.3 is 5.32 Å². The van der Waals surface area contributed by atoms with Crippen LogP contribution >= 0.6 is 0 Å². The standard InChI is InChI=1S/C13H17FN2O3S/c1-9-6-11(14)3-2-10(9)8-20(18,19)16-13(17)7-15-12-4-5-12/h2-3,6,12,15H,4-5,7-8H2,1H3,(H,16,17). The number of hydrogen-bond acceptors (Lipinski definition) is 4. The van der Waals surface area contributed by atoms with Crippen molar-refractivity contribution in [1.82, 2.24) is 10.0 Å². The number of hydrogen-bond donors (Lipinski definition) is 2. The highest BCUT2D eigenvalue weighted by Crippen LogP contribution is 2.18. The van der Waals surface area contributed by atoms with E-state index in [-0.39, 0.29) is 12.3 Å². The third-order valence-electron chi connectivity index (χ3n) is 3.05. The molecule has 1 aliphatic carbocycles. The first-order chi connectivity index (χ1) is 9.35. The van der Waals surface area contributed by atoms with Gasteiger partial charge in [0.25, 0.3) is 0 Å². The van der Waals surface area contributed by atoms with Gasteiger partial charge in [0.2, 0.25) is 15.9 Å². The Kier molecular flexibility index (Phi) is 4.39. The van der Waals surface area contributed by atoms with E-state index < -0.39 is 21.7 Å². The van der Waals surface area contributed by atoms with E-state index in [0.717, 1.165) is 12.8 Å². The second-order valence-electron chi connectivity index (χ2n) is 5.01. The monoisotopic (exact) mass is 300 g/mol.